The number of hydrogen-bond donors (Lipinski definition) is 2. The fourth-order valence-corrected chi connectivity index (χ4v) is 3.09. The van der Waals surface area contributed by atoms with Gasteiger partial charge in [-0.1, -0.05) is 23.7 Å². The first kappa shape index (κ1) is 19.8. The van der Waals surface area contributed by atoms with Gasteiger partial charge in [0.2, 0.25) is 5.43 Å². The molecule has 1 heterocycles. The highest BCUT2D eigenvalue weighted by molar-refractivity contribution is 6.30. The summed E-state index contributed by atoms with van der Waals surface area (Å²) < 4.78 is 33.5. The lowest BCUT2D eigenvalue weighted by Gasteiger charge is -2.13. The zero-order valence-corrected chi connectivity index (χ0v) is 15.0. The average Bonchev–Trinajstić information content (AvgIpc) is 2.66. The molecule has 2 N–H and O–H groups in total. The third kappa shape index (κ3) is 3.83. The molecule has 0 aliphatic heterocycles. The van der Waals surface area contributed by atoms with Crippen molar-refractivity contribution in [2.75, 3.05) is 6.61 Å². The lowest BCUT2D eigenvalue weighted by Crippen LogP contribution is -2.17. The van der Waals surface area contributed by atoms with Crippen LogP contribution in [0.15, 0.2) is 41.3 Å². The van der Waals surface area contributed by atoms with E-state index in [4.69, 9.17) is 16.7 Å². The smallest absolute Gasteiger partial charge is 0.449 e. The quantitative estimate of drug-likeness (QED) is 0.496. The Morgan fingerprint density at radius 2 is 1.96 bits per heavy atom. The lowest BCUT2D eigenvalue weighted by atomic mass is 10.0. The van der Waals surface area contributed by atoms with Crippen LogP contribution in [-0.4, -0.2) is 27.5 Å². The Bertz CT molecular complexity index is 1130. The third-order valence-corrected chi connectivity index (χ3v) is 4.51. The summed E-state index contributed by atoms with van der Waals surface area (Å²) >= 11 is 5.59. The number of hydrogen-bond acceptors (Lipinski definition) is 4. The van der Waals surface area contributed by atoms with E-state index < -0.39 is 34.0 Å². The van der Waals surface area contributed by atoms with Crippen LogP contribution < -0.4 is 10.2 Å². The standard InChI is InChI=1S/C19H14ClF2NO5/c20-16-13(21)3-2-11(17(16)22)7-10-1-4-14-12(8-10)18(25)15(28-19(26)27)9-23(14)5-6-24/h1-4,8-9,24H,5-7H2,(H,26,27). The summed E-state index contributed by atoms with van der Waals surface area (Å²) in [5.74, 6) is -2.17. The van der Waals surface area contributed by atoms with Crippen LogP contribution in [0.1, 0.15) is 11.1 Å². The number of rotatable bonds is 5. The number of carboxylic acid groups (broad SMARTS) is 1. The van der Waals surface area contributed by atoms with Crippen molar-refractivity contribution in [3.8, 4) is 5.75 Å². The number of benzene rings is 2. The summed E-state index contributed by atoms with van der Waals surface area (Å²) in [5.41, 5.74) is 0.442. The highest BCUT2D eigenvalue weighted by Gasteiger charge is 2.15. The number of aliphatic hydroxyl groups excluding tert-OH is 1. The van der Waals surface area contributed by atoms with Crippen molar-refractivity contribution in [3.63, 3.8) is 0 Å². The third-order valence-electron chi connectivity index (χ3n) is 4.16. The minimum atomic E-state index is -1.65. The second-order valence-corrected chi connectivity index (χ2v) is 6.35. The van der Waals surface area contributed by atoms with Gasteiger partial charge in [-0.15, -0.1) is 0 Å². The van der Waals surface area contributed by atoms with Gasteiger partial charge in [-0.3, -0.25) is 4.79 Å². The van der Waals surface area contributed by atoms with Crippen molar-refractivity contribution in [1.82, 2.24) is 4.57 Å². The molecule has 0 unspecified atom stereocenters. The number of fused-ring (bicyclic) bond motifs is 1. The highest BCUT2D eigenvalue weighted by Crippen LogP contribution is 2.25. The Balaban J connectivity index is 2.11. The Hall–Kier alpha value is -2.97. The first-order chi connectivity index (χ1) is 13.3. The molecule has 1 aromatic heterocycles. The topological polar surface area (TPSA) is 88.8 Å². The van der Waals surface area contributed by atoms with Crippen LogP contribution in [0.2, 0.25) is 5.02 Å². The number of ether oxygens (including phenoxy) is 1. The molecule has 0 bridgehead atoms. The van der Waals surface area contributed by atoms with E-state index >= 15 is 0 Å². The van der Waals surface area contributed by atoms with Crippen molar-refractivity contribution in [3.05, 3.63) is 74.5 Å². The lowest BCUT2D eigenvalue weighted by molar-refractivity contribution is 0.143. The molecule has 6 nitrogen and oxygen atoms in total. The van der Waals surface area contributed by atoms with Gasteiger partial charge in [-0.2, -0.15) is 0 Å². The molecule has 146 valence electrons. The molecule has 0 fully saturated rings. The minimum absolute atomic E-state index is 0.0330. The SMILES string of the molecule is O=C(O)Oc1cn(CCO)c2ccc(Cc3ccc(F)c(Cl)c3F)cc2c1=O. The summed E-state index contributed by atoms with van der Waals surface area (Å²) in [5, 5.41) is 17.5. The Labute approximate surface area is 162 Å². The first-order valence-electron chi connectivity index (χ1n) is 8.12. The van der Waals surface area contributed by atoms with Gasteiger partial charge in [0.05, 0.1) is 18.3 Å². The van der Waals surface area contributed by atoms with Gasteiger partial charge in [-0.25, -0.2) is 13.6 Å². The summed E-state index contributed by atoms with van der Waals surface area (Å²) in [4.78, 5) is 23.4. The zero-order valence-electron chi connectivity index (χ0n) is 14.3. The summed E-state index contributed by atoms with van der Waals surface area (Å²) in [6, 6.07) is 7.01. The molecule has 0 aliphatic carbocycles. The molecular formula is C19H14ClF2NO5. The van der Waals surface area contributed by atoms with Crippen molar-refractivity contribution in [2.24, 2.45) is 0 Å². The van der Waals surface area contributed by atoms with Crippen molar-refractivity contribution in [1.29, 1.82) is 0 Å². The van der Waals surface area contributed by atoms with Crippen LogP contribution in [0, 0.1) is 11.6 Å². The van der Waals surface area contributed by atoms with Crippen LogP contribution in [0.4, 0.5) is 13.6 Å². The Morgan fingerprint density at radius 1 is 1.21 bits per heavy atom. The molecule has 0 atom stereocenters. The maximum absolute atomic E-state index is 14.2. The second-order valence-electron chi connectivity index (χ2n) is 5.97. The Kier molecular flexibility index (Phi) is 5.62. The maximum Gasteiger partial charge on any atom is 0.511 e. The van der Waals surface area contributed by atoms with Gasteiger partial charge < -0.3 is 19.5 Å². The first-order valence-corrected chi connectivity index (χ1v) is 8.49. The van der Waals surface area contributed by atoms with E-state index in [0.717, 1.165) is 6.07 Å². The van der Waals surface area contributed by atoms with Crippen LogP contribution in [0.3, 0.4) is 0 Å². The predicted molar refractivity (Wildman–Crippen MR) is 98.1 cm³/mol. The van der Waals surface area contributed by atoms with E-state index in [0.29, 0.717) is 11.1 Å². The number of carbonyl (C=O) groups is 1. The molecule has 0 saturated heterocycles. The molecule has 0 spiro atoms. The van der Waals surface area contributed by atoms with E-state index in [-0.39, 0.29) is 30.5 Å². The van der Waals surface area contributed by atoms with Crippen molar-refractivity contribution < 1.29 is 28.5 Å². The summed E-state index contributed by atoms with van der Waals surface area (Å²) in [7, 11) is 0. The van der Waals surface area contributed by atoms with Crippen LogP contribution in [-0.2, 0) is 13.0 Å². The van der Waals surface area contributed by atoms with E-state index in [2.05, 4.69) is 4.74 Å². The Morgan fingerprint density at radius 3 is 2.64 bits per heavy atom. The van der Waals surface area contributed by atoms with E-state index in [9.17, 15) is 23.5 Å². The van der Waals surface area contributed by atoms with E-state index in [1.165, 1.54) is 22.9 Å². The second kappa shape index (κ2) is 7.95. The molecule has 3 rings (SSSR count). The molecule has 28 heavy (non-hydrogen) atoms. The van der Waals surface area contributed by atoms with Gasteiger partial charge in [-0.05, 0) is 29.3 Å². The van der Waals surface area contributed by atoms with Crippen LogP contribution >= 0.6 is 11.6 Å². The molecule has 0 aliphatic rings. The van der Waals surface area contributed by atoms with Crippen LogP contribution in [0.5, 0.6) is 5.75 Å². The van der Waals surface area contributed by atoms with Gasteiger partial charge in [0.1, 0.15) is 16.7 Å². The number of aliphatic hydroxyl groups is 1. The monoisotopic (exact) mass is 409 g/mol. The molecule has 0 saturated carbocycles. The van der Waals surface area contributed by atoms with Crippen molar-refractivity contribution in [2.45, 2.75) is 13.0 Å². The molecule has 0 radical (unpaired) electrons. The zero-order chi connectivity index (χ0) is 20.4. The fraction of sp³-hybridized carbons (Fsp3) is 0.158. The molecule has 3 aromatic rings. The number of nitrogens with zero attached hydrogens (tertiary/aromatic N) is 1. The number of halogens is 3. The molecule has 0 amide bonds. The number of pyridine rings is 1. The molecular weight excluding hydrogens is 396 g/mol. The number of aromatic nitrogens is 1. The van der Waals surface area contributed by atoms with Gasteiger partial charge in [0.25, 0.3) is 0 Å². The summed E-state index contributed by atoms with van der Waals surface area (Å²) in [6.45, 7) is -0.139. The van der Waals surface area contributed by atoms with Gasteiger partial charge in [0.15, 0.2) is 5.75 Å². The van der Waals surface area contributed by atoms with Gasteiger partial charge in [0, 0.05) is 18.4 Å². The van der Waals surface area contributed by atoms with Gasteiger partial charge >= 0.3 is 6.16 Å². The minimum Gasteiger partial charge on any atom is -0.449 e. The van der Waals surface area contributed by atoms with E-state index in [1.807, 2.05) is 0 Å². The normalized spacial score (nSPS) is 11.0. The predicted octanol–water partition coefficient (Wildman–Crippen LogP) is 3.57. The van der Waals surface area contributed by atoms with Crippen molar-refractivity contribution >= 4 is 28.7 Å². The largest absolute Gasteiger partial charge is 0.511 e. The van der Waals surface area contributed by atoms with Crippen LogP contribution in [0.25, 0.3) is 10.9 Å². The summed E-state index contributed by atoms with van der Waals surface area (Å²) in [6.07, 6.45) is -0.412. The maximum atomic E-state index is 14.2. The molecule has 2 aromatic carbocycles. The molecule has 9 heteroatoms. The fourth-order valence-electron chi connectivity index (χ4n) is 2.91. The van der Waals surface area contributed by atoms with E-state index in [1.54, 1.807) is 12.1 Å². The highest BCUT2D eigenvalue weighted by atomic mass is 35.5. The average molecular weight is 410 g/mol.